The average Bonchev–Trinajstić information content (AvgIpc) is 2.77. The summed E-state index contributed by atoms with van der Waals surface area (Å²) in [6, 6.07) is 18.5. The Morgan fingerprint density at radius 2 is 1.72 bits per heavy atom. The summed E-state index contributed by atoms with van der Waals surface area (Å²) in [5.74, 6) is 0.114. The van der Waals surface area contributed by atoms with E-state index in [9.17, 15) is 9.59 Å². The maximum atomic E-state index is 12.2. The first-order valence-corrected chi connectivity index (χ1v) is 8.92. The van der Waals surface area contributed by atoms with Crippen LogP contribution in [-0.4, -0.2) is 38.8 Å². The number of carbonyl (C=O) groups is 2. The molecular formula is C22H21N3O4. The molecule has 0 radical (unpaired) electrons. The van der Waals surface area contributed by atoms with Gasteiger partial charge in [-0.3, -0.25) is 9.59 Å². The molecule has 0 atom stereocenters. The molecule has 0 aliphatic rings. The number of amides is 2. The molecular weight excluding hydrogens is 370 g/mol. The molecule has 2 amide bonds. The van der Waals surface area contributed by atoms with Gasteiger partial charge >= 0.3 is 0 Å². The quantitative estimate of drug-likeness (QED) is 0.479. The summed E-state index contributed by atoms with van der Waals surface area (Å²) in [6.07, 6.45) is 1.58. The summed E-state index contributed by atoms with van der Waals surface area (Å²) < 4.78 is 10.3. The van der Waals surface area contributed by atoms with Crippen LogP contribution >= 0.6 is 0 Å². The number of methoxy groups -OCH3 is 2. The van der Waals surface area contributed by atoms with Crippen LogP contribution in [0.5, 0.6) is 11.5 Å². The second-order valence-corrected chi connectivity index (χ2v) is 6.11. The number of nitrogens with one attached hydrogen (secondary N) is 2. The van der Waals surface area contributed by atoms with Gasteiger partial charge in [0.05, 0.1) is 27.0 Å². The van der Waals surface area contributed by atoms with Crippen molar-refractivity contribution in [2.45, 2.75) is 0 Å². The van der Waals surface area contributed by atoms with E-state index in [-0.39, 0.29) is 6.54 Å². The molecule has 0 saturated carbocycles. The third-order valence-electron chi connectivity index (χ3n) is 4.27. The van der Waals surface area contributed by atoms with Crippen molar-refractivity contribution >= 4 is 28.8 Å². The Morgan fingerprint density at radius 3 is 2.52 bits per heavy atom. The van der Waals surface area contributed by atoms with E-state index in [4.69, 9.17) is 9.47 Å². The first kappa shape index (κ1) is 19.9. The summed E-state index contributed by atoms with van der Waals surface area (Å²) in [6.45, 7) is -0.208. The summed E-state index contributed by atoms with van der Waals surface area (Å²) >= 11 is 0. The molecule has 2 N–H and O–H groups in total. The van der Waals surface area contributed by atoms with Gasteiger partial charge in [0.15, 0.2) is 11.5 Å². The van der Waals surface area contributed by atoms with Gasteiger partial charge in [-0.15, -0.1) is 0 Å². The second-order valence-electron chi connectivity index (χ2n) is 6.11. The zero-order valence-electron chi connectivity index (χ0n) is 16.1. The van der Waals surface area contributed by atoms with E-state index in [0.29, 0.717) is 17.1 Å². The monoisotopic (exact) mass is 391 g/mol. The van der Waals surface area contributed by atoms with Crippen molar-refractivity contribution in [1.29, 1.82) is 0 Å². The number of benzene rings is 3. The van der Waals surface area contributed by atoms with Crippen LogP contribution in [0.3, 0.4) is 0 Å². The minimum Gasteiger partial charge on any atom is -0.493 e. The van der Waals surface area contributed by atoms with Crippen molar-refractivity contribution in [3.8, 4) is 11.5 Å². The van der Waals surface area contributed by atoms with Crippen LogP contribution in [0.15, 0.2) is 65.8 Å². The van der Waals surface area contributed by atoms with E-state index in [1.165, 1.54) is 14.2 Å². The third kappa shape index (κ3) is 4.90. The number of ether oxygens (including phenoxy) is 2. The van der Waals surface area contributed by atoms with Gasteiger partial charge in [-0.25, -0.2) is 5.43 Å². The molecule has 29 heavy (non-hydrogen) atoms. The van der Waals surface area contributed by atoms with Crippen LogP contribution in [0.4, 0.5) is 0 Å². The summed E-state index contributed by atoms with van der Waals surface area (Å²) in [4.78, 5) is 24.2. The second kappa shape index (κ2) is 9.36. The SMILES string of the molecule is COc1ccc(C(=O)NCC(=O)NN=Cc2cccc3ccccc23)cc1OC. The Labute approximate surface area is 168 Å². The van der Waals surface area contributed by atoms with Crippen molar-refractivity contribution in [3.05, 3.63) is 71.8 Å². The molecule has 3 rings (SSSR count). The van der Waals surface area contributed by atoms with E-state index in [2.05, 4.69) is 15.8 Å². The molecule has 0 heterocycles. The van der Waals surface area contributed by atoms with Gasteiger partial charge in [-0.05, 0) is 29.0 Å². The molecule has 7 heteroatoms. The molecule has 0 aliphatic carbocycles. The third-order valence-corrected chi connectivity index (χ3v) is 4.27. The molecule has 0 bridgehead atoms. The van der Waals surface area contributed by atoms with Crippen molar-refractivity contribution in [2.75, 3.05) is 20.8 Å². The van der Waals surface area contributed by atoms with Crippen molar-refractivity contribution in [2.24, 2.45) is 5.10 Å². The molecule has 148 valence electrons. The van der Waals surface area contributed by atoms with Crippen LogP contribution in [0.25, 0.3) is 10.8 Å². The lowest BCUT2D eigenvalue weighted by Gasteiger charge is -2.09. The maximum Gasteiger partial charge on any atom is 0.259 e. The van der Waals surface area contributed by atoms with Crippen molar-refractivity contribution < 1.29 is 19.1 Å². The lowest BCUT2D eigenvalue weighted by molar-refractivity contribution is -0.120. The number of hydrogen-bond acceptors (Lipinski definition) is 5. The molecule has 0 fully saturated rings. The van der Waals surface area contributed by atoms with Crippen LogP contribution in [-0.2, 0) is 4.79 Å². The minimum atomic E-state index is -0.435. The van der Waals surface area contributed by atoms with Gasteiger partial charge in [-0.2, -0.15) is 5.10 Å². The number of hydrogen-bond donors (Lipinski definition) is 2. The van der Waals surface area contributed by atoms with Gasteiger partial charge in [0.2, 0.25) is 0 Å². The minimum absolute atomic E-state index is 0.208. The summed E-state index contributed by atoms with van der Waals surface area (Å²) in [7, 11) is 3.00. The van der Waals surface area contributed by atoms with E-state index < -0.39 is 11.8 Å². The first-order valence-electron chi connectivity index (χ1n) is 8.92. The molecule has 7 nitrogen and oxygen atoms in total. The number of rotatable bonds is 7. The van der Waals surface area contributed by atoms with Crippen LogP contribution in [0.2, 0.25) is 0 Å². The maximum absolute atomic E-state index is 12.2. The molecule has 0 aliphatic heterocycles. The summed E-state index contributed by atoms with van der Waals surface area (Å²) in [5.41, 5.74) is 3.66. The Bertz CT molecular complexity index is 1060. The Kier molecular flexibility index (Phi) is 6.42. The first-order chi connectivity index (χ1) is 14.1. The smallest absolute Gasteiger partial charge is 0.259 e. The molecule has 3 aromatic rings. The Morgan fingerprint density at radius 1 is 0.966 bits per heavy atom. The van der Waals surface area contributed by atoms with Crippen molar-refractivity contribution in [1.82, 2.24) is 10.7 Å². The van der Waals surface area contributed by atoms with E-state index in [1.54, 1.807) is 24.4 Å². The van der Waals surface area contributed by atoms with E-state index in [1.807, 2.05) is 42.5 Å². The normalized spacial score (nSPS) is 10.7. The highest BCUT2D eigenvalue weighted by molar-refractivity contribution is 6.00. The molecule has 0 saturated heterocycles. The molecule has 0 unspecified atom stereocenters. The standard InChI is InChI=1S/C22H21N3O4/c1-28-19-11-10-16(12-20(19)29-2)22(27)23-14-21(26)25-24-13-17-8-5-7-15-6-3-4-9-18(15)17/h3-13H,14H2,1-2H3,(H,23,27)(H,25,26). The van der Waals surface area contributed by atoms with Gasteiger partial charge in [0, 0.05) is 11.1 Å². The number of carbonyl (C=O) groups excluding carboxylic acids is 2. The molecule has 0 spiro atoms. The fourth-order valence-corrected chi connectivity index (χ4v) is 2.82. The highest BCUT2D eigenvalue weighted by Crippen LogP contribution is 2.27. The average molecular weight is 391 g/mol. The van der Waals surface area contributed by atoms with Crippen LogP contribution in [0.1, 0.15) is 15.9 Å². The van der Waals surface area contributed by atoms with Gasteiger partial charge < -0.3 is 14.8 Å². The number of hydrazone groups is 1. The zero-order chi connectivity index (χ0) is 20.6. The van der Waals surface area contributed by atoms with Gasteiger partial charge in [0.25, 0.3) is 11.8 Å². The van der Waals surface area contributed by atoms with E-state index in [0.717, 1.165) is 16.3 Å². The largest absolute Gasteiger partial charge is 0.493 e. The fraction of sp³-hybridized carbons (Fsp3) is 0.136. The summed E-state index contributed by atoms with van der Waals surface area (Å²) in [5, 5.41) is 8.65. The van der Waals surface area contributed by atoms with Crippen molar-refractivity contribution in [3.63, 3.8) is 0 Å². The van der Waals surface area contributed by atoms with Gasteiger partial charge in [-0.1, -0.05) is 42.5 Å². The molecule has 3 aromatic carbocycles. The predicted molar refractivity (Wildman–Crippen MR) is 112 cm³/mol. The Balaban J connectivity index is 1.56. The van der Waals surface area contributed by atoms with Crippen LogP contribution in [0, 0.1) is 0 Å². The number of fused-ring (bicyclic) bond motifs is 1. The molecule has 0 aromatic heterocycles. The zero-order valence-corrected chi connectivity index (χ0v) is 16.1. The number of nitrogens with zero attached hydrogens (tertiary/aromatic N) is 1. The van der Waals surface area contributed by atoms with Gasteiger partial charge in [0.1, 0.15) is 0 Å². The lowest BCUT2D eigenvalue weighted by Crippen LogP contribution is -2.34. The highest BCUT2D eigenvalue weighted by Gasteiger charge is 2.11. The topological polar surface area (TPSA) is 89.0 Å². The fourth-order valence-electron chi connectivity index (χ4n) is 2.82. The predicted octanol–water partition coefficient (Wildman–Crippen LogP) is 2.74. The van der Waals surface area contributed by atoms with Crippen LogP contribution < -0.4 is 20.2 Å². The highest BCUT2D eigenvalue weighted by atomic mass is 16.5. The van der Waals surface area contributed by atoms with E-state index >= 15 is 0 Å². The lowest BCUT2D eigenvalue weighted by atomic mass is 10.1. The Hall–Kier alpha value is -3.87.